The van der Waals surface area contributed by atoms with E-state index in [1.165, 1.54) is 0 Å². The summed E-state index contributed by atoms with van der Waals surface area (Å²) in [5.74, 6) is 0.125. The second-order valence-electron chi connectivity index (χ2n) is 4.22. The van der Waals surface area contributed by atoms with Crippen LogP contribution in [0.2, 0.25) is 5.02 Å². The Hall–Kier alpha value is -2.52. The van der Waals surface area contributed by atoms with Crippen LogP contribution in [0, 0.1) is 18.3 Å². The minimum atomic E-state index is -0.573. The Bertz CT molecular complexity index is 746. The van der Waals surface area contributed by atoms with Crippen molar-refractivity contribution in [3.63, 3.8) is 0 Å². The zero-order chi connectivity index (χ0) is 15.6. The molecule has 108 valence electrons. The zero-order valence-corrected chi connectivity index (χ0v) is 12.3. The van der Waals surface area contributed by atoms with Crippen LogP contribution in [0.5, 0.6) is 0 Å². The number of ether oxygens (including phenoxy) is 1. The molecule has 0 saturated carbocycles. The largest absolute Gasteiger partial charge is 0.461 e. The molecule has 0 atom stereocenters. The molecule has 0 spiro atoms. The fourth-order valence-electron chi connectivity index (χ4n) is 1.96. The van der Waals surface area contributed by atoms with Crippen LogP contribution in [0.1, 0.15) is 28.8 Å². The number of nitrogen functional groups attached to an aromatic ring is 1. The molecule has 1 heterocycles. The molecule has 0 aliphatic carbocycles. The quantitative estimate of drug-likeness (QED) is 0.879. The van der Waals surface area contributed by atoms with Crippen molar-refractivity contribution in [1.29, 1.82) is 5.26 Å². The number of hydrogen-bond donors (Lipinski definition) is 1. The molecule has 0 fully saturated rings. The van der Waals surface area contributed by atoms with E-state index in [2.05, 4.69) is 4.98 Å². The van der Waals surface area contributed by atoms with Gasteiger partial charge in [-0.15, -0.1) is 0 Å². The van der Waals surface area contributed by atoms with Crippen LogP contribution < -0.4 is 5.73 Å². The minimum Gasteiger partial charge on any atom is -0.461 e. The number of imidazole rings is 1. The monoisotopic (exact) mass is 304 g/mol. The summed E-state index contributed by atoms with van der Waals surface area (Å²) in [5, 5.41) is 9.19. The van der Waals surface area contributed by atoms with Crippen molar-refractivity contribution in [2.75, 3.05) is 12.3 Å². The normalized spacial score (nSPS) is 10.2. The van der Waals surface area contributed by atoms with E-state index < -0.39 is 5.97 Å². The highest BCUT2D eigenvalue weighted by Gasteiger charge is 2.20. The number of aromatic nitrogens is 2. The van der Waals surface area contributed by atoms with E-state index in [1.54, 1.807) is 36.6 Å². The second kappa shape index (κ2) is 5.85. The van der Waals surface area contributed by atoms with Gasteiger partial charge in [0.1, 0.15) is 17.7 Å². The molecule has 2 rings (SSSR count). The lowest BCUT2D eigenvalue weighted by Gasteiger charge is -2.08. The first kappa shape index (κ1) is 14.9. The van der Waals surface area contributed by atoms with Gasteiger partial charge in [0.25, 0.3) is 0 Å². The van der Waals surface area contributed by atoms with Gasteiger partial charge in [0.05, 0.1) is 22.9 Å². The molecule has 0 bridgehead atoms. The predicted octanol–water partition coefficient (Wildman–Crippen LogP) is 2.46. The van der Waals surface area contributed by atoms with Gasteiger partial charge in [-0.1, -0.05) is 11.6 Å². The molecule has 21 heavy (non-hydrogen) atoms. The molecule has 7 heteroatoms. The van der Waals surface area contributed by atoms with Crippen molar-refractivity contribution >= 4 is 23.4 Å². The van der Waals surface area contributed by atoms with E-state index in [4.69, 9.17) is 27.3 Å². The molecule has 0 saturated heterocycles. The Labute approximate surface area is 126 Å². The van der Waals surface area contributed by atoms with Gasteiger partial charge in [-0.25, -0.2) is 9.78 Å². The number of nitriles is 1. The first-order chi connectivity index (χ1) is 9.99. The van der Waals surface area contributed by atoms with Crippen molar-refractivity contribution < 1.29 is 9.53 Å². The fraction of sp³-hybridized carbons (Fsp3) is 0.214. The number of esters is 1. The standard InChI is InChI=1S/C14H13ClN4O2/c1-3-21-14(20)12-13(17)19(8(2)18-12)10-5-4-9(7-16)11(15)6-10/h4-6H,3,17H2,1-2H3. The number of carbonyl (C=O) groups excluding carboxylic acids is 1. The Balaban J connectivity index is 2.53. The smallest absolute Gasteiger partial charge is 0.360 e. The molecule has 0 unspecified atom stereocenters. The van der Waals surface area contributed by atoms with Gasteiger partial charge >= 0.3 is 5.97 Å². The summed E-state index contributed by atoms with van der Waals surface area (Å²) >= 11 is 6.01. The number of carbonyl (C=O) groups is 1. The molecular formula is C14H13ClN4O2. The fourth-order valence-corrected chi connectivity index (χ4v) is 2.18. The van der Waals surface area contributed by atoms with E-state index in [-0.39, 0.29) is 18.1 Å². The van der Waals surface area contributed by atoms with Crippen molar-refractivity contribution in [2.24, 2.45) is 0 Å². The summed E-state index contributed by atoms with van der Waals surface area (Å²) in [6.45, 7) is 3.66. The van der Waals surface area contributed by atoms with E-state index in [0.29, 0.717) is 22.1 Å². The molecule has 0 amide bonds. The van der Waals surface area contributed by atoms with Crippen LogP contribution >= 0.6 is 11.6 Å². The van der Waals surface area contributed by atoms with Gasteiger partial charge in [0.2, 0.25) is 0 Å². The molecule has 6 nitrogen and oxygen atoms in total. The van der Waals surface area contributed by atoms with E-state index in [1.807, 2.05) is 6.07 Å². The first-order valence-electron chi connectivity index (χ1n) is 6.21. The predicted molar refractivity (Wildman–Crippen MR) is 78.4 cm³/mol. The maximum absolute atomic E-state index is 11.8. The molecule has 0 radical (unpaired) electrons. The third kappa shape index (κ3) is 2.69. The maximum Gasteiger partial charge on any atom is 0.360 e. The summed E-state index contributed by atoms with van der Waals surface area (Å²) in [7, 11) is 0. The number of benzene rings is 1. The molecular weight excluding hydrogens is 292 g/mol. The highest BCUT2D eigenvalue weighted by atomic mass is 35.5. The van der Waals surface area contributed by atoms with Gasteiger partial charge < -0.3 is 10.5 Å². The summed E-state index contributed by atoms with van der Waals surface area (Å²) in [6, 6.07) is 6.85. The number of aryl methyl sites for hydroxylation is 1. The van der Waals surface area contributed by atoms with Gasteiger partial charge in [-0.05, 0) is 32.0 Å². The number of rotatable bonds is 3. The molecule has 1 aromatic carbocycles. The van der Waals surface area contributed by atoms with Crippen molar-refractivity contribution in [1.82, 2.24) is 9.55 Å². The molecule has 2 aromatic rings. The van der Waals surface area contributed by atoms with Crippen molar-refractivity contribution in [3.05, 3.63) is 40.3 Å². The summed E-state index contributed by atoms with van der Waals surface area (Å²) in [5.41, 5.74) is 7.03. The zero-order valence-electron chi connectivity index (χ0n) is 11.6. The van der Waals surface area contributed by atoms with Crippen LogP contribution in [0.4, 0.5) is 5.82 Å². The van der Waals surface area contributed by atoms with Gasteiger partial charge in [0, 0.05) is 0 Å². The lowest BCUT2D eigenvalue weighted by molar-refractivity contribution is 0.0521. The maximum atomic E-state index is 11.8. The van der Waals surface area contributed by atoms with E-state index in [0.717, 1.165) is 0 Å². The van der Waals surface area contributed by atoms with Crippen LogP contribution in [-0.2, 0) is 4.74 Å². The topological polar surface area (TPSA) is 93.9 Å². The second-order valence-corrected chi connectivity index (χ2v) is 4.63. The third-order valence-electron chi connectivity index (χ3n) is 2.88. The highest BCUT2D eigenvalue weighted by molar-refractivity contribution is 6.31. The van der Waals surface area contributed by atoms with E-state index in [9.17, 15) is 4.79 Å². The van der Waals surface area contributed by atoms with Gasteiger partial charge in [-0.3, -0.25) is 4.57 Å². The number of anilines is 1. The van der Waals surface area contributed by atoms with Crippen LogP contribution in [-0.4, -0.2) is 22.1 Å². The van der Waals surface area contributed by atoms with E-state index >= 15 is 0 Å². The third-order valence-corrected chi connectivity index (χ3v) is 3.19. The van der Waals surface area contributed by atoms with Crippen LogP contribution in [0.15, 0.2) is 18.2 Å². The molecule has 0 aliphatic heterocycles. The number of halogens is 1. The van der Waals surface area contributed by atoms with Gasteiger partial charge in [0.15, 0.2) is 5.69 Å². The molecule has 2 N–H and O–H groups in total. The lowest BCUT2D eigenvalue weighted by Crippen LogP contribution is -2.09. The Morgan fingerprint density at radius 1 is 1.57 bits per heavy atom. The summed E-state index contributed by atoms with van der Waals surface area (Å²) < 4.78 is 6.49. The SMILES string of the molecule is CCOC(=O)c1nc(C)n(-c2ccc(C#N)c(Cl)c2)c1N. The summed E-state index contributed by atoms with van der Waals surface area (Å²) in [6.07, 6.45) is 0. The number of hydrogen-bond acceptors (Lipinski definition) is 5. The first-order valence-corrected chi connectivity index (χ1v) is 6.59. The number of nitrogens with two attached hydrogens (primary N) is 1. The molecule has 0 aliphatic rings. The van der Waals surface area contributed by atoms with Crippen LogP contribution in [0.3, 0.4) is 0 Å². The van der Waals surface area contributed by atoms with Crippen molar-refractivity contribution in [3.8, 4) is 11.8 Å². The number of nitrogens with zero attached hydrogens (tertiary/aromatic N) is 3. The summed E-state index contributed by atoms with van der Waals surface area (Å²) in [4.78, 5) is 15.9. The average molecular weight is 305 g/mol. The minimum absolute atomic E-state index is 0.0647. The Kier molecular flexibility index (Phi) is 4.15. The lowest BCUT2D eigenvalue weighted by atomic mass is 10.2. The van der Waals surface area contributed by atoms with Crippen LogP contribution in [0.25, 0.3) is 5.69 Å². The molecule has 1 aromatic heterocycles. The highest BCUT2D eigenvalue weighted by Crippen LogP contribution is 2.25. The Morgan fingerprint density at radius 2 is 2.29 bits per heavy atom. The van der Waals surface area contributed by atoms with Crippen molar-refractivity contribution in [2.45, 2.75) is 13.8 Å². The average Bonchev–Trinajstić information content (AvgIpc) is 2.74. The Morgan fingerprint density at radius 3 is 2.86 bits per heavy atom. The van der Waals surface area contributed by atoms with Gasteiger partial charge in [-0.2, -0.15) is 5.26 Å².